The Morgan fingerprint density at radius 2 is 2.07 bits per heavy atom. The molecule has 0 radical (unpaired) electrons. The topological polar surface area (TPSA) is 12.0 Å². The summed E-state index contributed by atoms with van der Waals surface area (Å²) in [6.07, 6.45) is 1.11. The number of hydrogen-bond donors (Lipinski definition) is 1. The molecule has 1 rings (SSSR count). The molecule has 1 aromatic carbocycles. The number of nitrogens with one attached hydrogen (secondary N) is 1. The summed E-state index contributed by atoms with van der Waals surface area (Å²) < 4.78 is 0.947. The Hall–Kier alpha value is -0.0500. The number of halogens is 2. The first kappa shape index (κ1) is 13.0. The highest BCUT2D eigenvalue weighted by Gasteiger charge is 2.13. The minimum atomic E-state index is 0.180. The molecule has 84 valence electrons. The second-order valence-electron chi connectivity index (χ2n) is 4.34. The average Bonchev–Trinajstić information content (AvgIpc) is 2.20. The van der Waals surface area contributed by atoms with Crippen molar-refractivity contribution in [1.29, 1.82) is 0 Å². The van der Waals surface area contributed by atoms with Gasteiger partial charge in [-0.1, -0.05) is 24.6 Å². The third-order valence-corrected chi connectivity index (χ3v) is 3.87. The van der Waals surface area contributed by atoms with Crippen LogP contribution in [0.3, 0.4) is 0 Å². The van der Waals surface area contributed by atoms with Gasteiger partial charge < -0.3 is 5.32 Å². The van der Waals surface area contributed by atoms with E-state index in [4.69, 9.17) is 11.6 Å². The van der Waals surface area contributed by atoms with E-state index < -0.39 is 0 Å². The Balaban J connectivity index is 2.62. The van der Waals surface area contributed by atoms with Gasteiger partial charge in [0.25, 0.3) is 0 Å². The first-order valence-corrected chi connectivity index (χ1v) is 6.30. The molecule has 0 amide bonds. The van der Waals surface area contributed by atoms with Crippen LogP contribution in [-0.4, -0.2) is 5.54 Å². The lowest BCUT2D eigenvalue weighted by molar-refractivity contribution is 0.374. The predicted molar refractivity (Wildman–Crippen MR) is 70.4 cm³/mol. The molecular formula is C12H17BrClN. The van der Waals surface area contributed by atoms with E-state index >= 15 is 0 Å². The predicted octanol–water partition coefficient (Wildman–Crippen LogP) is 4.38. The summed E-state index contributed by atoms with van der Waals surface area (Å²) in [6.45, 7) is 7.44. The van der Waals surface area contributed by atoms with E-state index in [-0.39, 0.29) is 5.54 Å². The zero-order chi connectivity index (χ0) is 11.5. The smallest absolute Gasteiger partial charge is 0.0551 e. The summed E-state index contributed by atoms with van der Waals surface area (Å²) in [5.41, 5.74) is 1.39. The molecule has 3 heteroatoms. The fraction of sp³-hybridized carbons (Fsp3) is 0.500. The maximum absolute atomic E-state index is 6.02. The third-order valence-electron chi connectivity index (χ3n) is 2.64. The lowest BCUT2D eigenvalue weighted by Gasteiger charge is -2.24. The van der Waals surface area contributed by atoms with Crippen molar-refractivity contribution < 1.29 is 0 Å². The molecule has 0 aromatic heterocycles. The molecule has 0 fully saturated rings. The standard InChI is InChI=1S/C12H17BrClN/c1-4-12(2,3)15-8-9-5-6-10(13)11(14)7-9/h5-7,15H,4,8H2,1-3H3. The summed E-state index contributed by atoms with van der Waals surface area (Å²) in [6, 6.07) is 6.05. The van der Waals surface area contributed by atoms with E-state index in [1.165, 1.54) is 5.56 Å². The molecule has 0 heterocycles. The number of benzene rings is 1. The molecule has 0 aliphatic rings. The van der Waals surface area contributed by atoms with Gasteiger partial charge in [-0.05, 0) is 53.9 Å². The minimum Gasteiger partial charge on any atom is -0.308 e. The van der Waals surface area contributed by atoms with Crippen molar-refractivity contribution in [3.63, 3.8) is 0 Å². The van der Waals surface area contributed by atoms with E-state index in [1.54, 1.807) is 0 Å². The highest BCUT2D eigenvalue weighted by atomic mass is 79.9. The van der Waals surface area contributed by atoms with Crippen molar-refractivity contribution >= 4 is 27.5 Å². The van der Waals surface area contributed by atoms with Crippen molar-refractivity contribution in [2.24, 2.45) is 0 Å². The van der Waals surface area contributed by atoms with Crippen LogP contribution < -0.4 is 5.32 Å². The van der Waals surface area contributed by atoms with Gasteiger partial charge in [0.1, 0.15) is 0 Å². The molecule has 0 spiro atoms. The first-order valence-electron chi connectivity index (χ1n) is 5.13. The van der Waals surface area contributed by atoms with Gasteiger partial charge in [-0.25, -0.2) is 0 Å². The van der Waals surface area contributed by atoms with Crippen molar-refractivity contribution in [3.8, 4) is 0 Å². The first-order chi connectivity index (χ1) is 6.94. The van der Waals surface area contributed by atoms with Gasteiger partial charge >= 0.3 is 0 Å². The van der Waals surface area contributed by atoms with Crippen LogP contribution in [0.4, 0.5) is 0 Å². The molecule has 1 nitrogen and oxygen atoms in total. The SMILES string of the molecule is CCC(C)(C)NCc1ccc(Br)c(Cl)c1. The lowest BCUT2D eigenvalue weighted by atomic mass is 10.0. The largest absolute Gasteiger partial charge is 0.308 e. The maximum atomic E-state index is 6.02. The monoisotopic (exact) mass is 289 g/mol. The Morgan fingerprint density at radius 3 is 2.60 bits per heavy atom. The van der Waals surface area contributed by atoms with Crippen LogP contribution in [0.25, 0.3) is 0 Å². The summed E-state index contributed by atoms with van der Waals surface area (Å²) in [7, 11) is 0. The summed E-state index contributed by atoms with van der Waals surface area (Å²) in [5.74, 6) is 0. The van der Waals surface area contributed by atoms with Crippen LogP contribution in [0.2, 0.25) is 5.02 Å². The fourth-order valence-electron chi connectivity index (χ4n) is 1.12. The van der Waals surface area contributed by atoms with Gasteiger partial charge in [-0.15, -0.1) is 0 Å². The zero-order valence-electron chi connectivity index (χ0n) is 9.40. The van der Waals surface area contributed by atoms with Crippen LogP contribution in [0, 0.1) is 0 Å². The van der Waals surface area contributed by atoms with Crippen molar-refractivity contribution in [2.45, 2.75) is 39.3 Å². The van der Waals surface area contributed by atoms with Crippen LogP contribution in [0.15, 0.2) is 22.7 Å². The van der Waals surface area contributed by atoms with Crippen LogP contribution in [0.1, 0.15) is 32.8 Å². The third kappa shape index (κ3) is 4.13. The fourth-order valence-corrected chi connectivity index (χ4v) is 1.57. The second-order valence-corrected chi connectivity index (χ2v) is 5.60. The molecule has 0 atom stereocenters. The Kier molecular flexibility index (Phi) is 4.63. The molecule has 0 bridgehead atoms. The number of hydrogen-bond acceptors (Lipinski definition) is 1. The Bertz CT molecular complexity index is 336. The summed E-state index contributed by atoms with van der Waals surface area (Å²) in [4.78, 5) is 0. The minimum absolute atomic E-state index is 0.180. The molecule has 1 N–H and O–H groups in total. The Morgan fingerprint density at radius 1 is 1.40 bits per heavy atom. The van der Waals surface area contributed by atoms with E-state index in [9.17, 15) is 0 Å². The molecular weight excluding hydrogens is 273 g/mol. The van der Waals surface area contributed by atoms with Gasteiger partial charge in [0.05, 0.1) is 5.02 Å². The van der Waals surface area contributed by atoms with Crippen LogP contribution >= 0.6 is 27.5 Å². The van der Waals surface area contributed by atoms with E-state index in [0.29, 0.717) is 0 Å². The van der Waals surface area contributed by atoms with Crippen LogP contribution in [0.5, 0.6) is 0 Å². The van der Waals surface area contributed by atoms with Crippen LogP contribution in [-0.2, 0) is 6.54 Å². The van der Waals surface area contributed by atoms with Crippen molar-refractivity contribution in [2.75, 3.05) is 0 Å². The molecule has 1 aromatic rings. The van der Waals surface area contributed by atoms with Crippen molar-refractivity contribution in [1.82, 2.24) is 5.32 Å². The van der Waals surface area contributed by atoms with E-state index in [1.807, 2.05) is 12.1 Å². The quantitative estimate of drug-likeness (QED) is 0.867. The normalized spacial score (nSPS) is 11.8. The maximum Gasteiger partial charge on any atom is 0.0551 e. The highest BCUT2D eigenvalue weighted by Crippen LogP contribution is 2.23. The van der Waals surface area contributed by atoms with E-state index in [0.717, 1.165) is 22.5 Å². The molecule has 0 saturated heterocycles. The molecule has 0 aliphatic carbocycles. The van der Waals surface area contributed by atoms with Gasteiger partial charge in [0, 0.05) is 16.6 Å². The van der Waals surface area contributed by atoms with Crippen molar-refractivity contribution in [3.05, 3.63) is 33.3 Å². The Labute approximate surface area is 105 Å². The summed E-state index contributed by atoms with van der Waals surface area (Å²) >= 11 is 9.40. The van der Waals surface area contributed by atoms with Gasteiger partial charge in [-0.3, -0.25) is 0 Å². The molecule has 0 saturated carbocycles. The average molecular weight is 291 g/mol. The number of rotatable bonds is 4. The lowest BCUT2D eigenvalue weighted by Crippen LogP contribution is -2.37. The van der Waals surface area contributed by atoms with Gasteiger partial charge in [0.15, 0.2) is 0 Å². The molecule has 0 aliphatic heterocycles. The highest BCUT2D eigenvalue weighted by molar-refractivity contribution is 9.10. The van der Waals surface area contributed by atoms with Gasteiger partial charge in [-0.2, -0.15) is 0 Å². The molecule has 15 heavy (non-hydrogen) atoms. The molecule has 0 unspecified atom stereocenters. The van der Waals surface area contributed by atoms with E-state index in [2.05, 4.69) is 48.1 Å². The zero-order valence-corrected chi connectivity index (χ0v) is 11.7. The summed E-state index contributed by atoms with van der Waals surface area (Å²) in [5, 5.41) is 4.26. The second kappa shape index (κ2) is 5.33. The van der Waals surface area contributed by atoms with Gasteiger partial charge in [0.2, 0.25) is 0 Å².